The average Bonchev–Trinajstić information content (AvgIpc) is 2.26. The van der Waals surface area contributed by atoms with E-state index in [1.54, 1.807) is 20.8 Å². The number of nitrogens with zero attached hydrogens (tertiary/aromatic N) is 1. The Morgan fingerprint density at radius 1 is 1.20 bits per heavy atom. The molecular weight excluding hydrogens is 262 g/mol. The smallest absolute Gasteiger partial charge is 0.410 e. The number of amides is 1. The monoisotopic (exact) mass is 287 g/mol. The molecule has 6 nitrogen and oxygen atoms in total. The minimum Gasteiger partial charge on any atom is -0.481 e. The molecule has 1 rings (SSSR count). The van der Waals surface area contributed by atoms with E-state index >= 15 is 0 Å². The van der Waals surface area contributed by atoms with Crippen LogP contribution in [0.4, 0.5) is 4.79 Å². The van der Waals surface area contributed by atoms with Crippen LogP contribution in [0.5, 0.6) is 0 Å². The van der Waals surface area contributed by atoms with Gasteiger partial charge in [0.1, 0.15) is 5.60 Å². The van der Waals surface area contributed by atoms with E-state index in [2.05, 4.69) is 0 Å². The van der Waals surface area contributed by atoms with Gasteiger partial charge in [0, 0.05) is 6.54 Å². The topological polar surface area (TPSA) is 87.1 Å². The van der Waals surface area contributed by atoms with Gasteiger partial charge in [-0.2, -0.15) is 0 Å². The van der Waals surface area contributed by atoms with Crippen molar-refractivity contribution < 1.29 is 24.5 Å². The minimum atomic E-state index is -1.45. The predicted molar refractivity (Wildman–Crippen MR) is 73.4 cm³/mol. The highest BCUT2D eigenvalue weighted by Crippen LogP contribution is 2.38. The summed E-state index contributed by atoms with van der Waals surface area (Å²) in [6.45, 7) is 8.70. The summed E-state index contributed by atoms with van der Waals surface area (Å²) in [5.41, 5.74) is -3.39. The van der Waals surface area contributed by atoms with Gasteiger partial charge in [-0.15, -0.1) is 0 Å². The first-order chi connectivity index (χ1) is 8.89. The van der Waals surface area contributed by atoms with Crippen LogP contribution in [0, 0.1) is 5.41 Å². The van der Waals surface area contributed by atoms with Crippen molar-refractivity contribution in [2.24, 2.45) is 5.41 Å². The molecule has 0 spiro atoms. The number of likely N-dealkylation sites (tertiary alicyclic amines) is 1. The summed E-state index contributed by atoms with van der Waals surface area (Å²) in [5.74, 6) is -1.08. The van der Waals surface area contributed by atoms with E-state index in [1.807, 2.05) is 0 Å². The zero-order valence-corrected chi connectivity index (χ0v) is 12.9. The minimum absolute atomic E-state index is 0.0266. The van der Waals surface area contributed by atoms with E-state index in [-0.39, 0.29) is 6.54 Å². The Morgan fingerprint density at radius 2 is 1.75 bits per heavy atom. The molecule has 0 aromatic carbocycles. The molecule has 0 bridgehead atoms. The Kier molecular flexibility index (Phi) is 4.39. The Labute approximate surface area is 119 Å². The summed E-state index contributed by atoms with van der Waals surface area (Å²) in [6.07, 6.45) is 0.384. The standard InChI is InChI=1S/C14H25NO5/c1-12(2,3)20-11(18)15-8-6-7-14(19,9-15)13(4,5)10(16)17/h19H,6-9H2,1-5H3,(H,16,17). The fraction of sp³-hybridized carbons (Fsp3) is 0.857. The van der Waals surface area contributed by atoms with Gasteiger partial charge in [-0.1, -0.05) is 0 Å². The van der Waals surface area contributed by atoms with E-state index in [9.17, 15) is 19.8 Å². The van der Waals surface area contributed by atoms with Gasteiger partial charge in [0.2, 0.25) is 0 Å². The van der Waals surface area contributed by atoms with Crippen LogP contribution >= 0.6 is 0 Å². The number of carboxylic acids is 1. The van der Waals surface area contributed by atoms with Gasteiger partial charge in [-0.25, -0.2) is 4.79 Å². The van der Waals surface area contributed by atoms with Crippen molar-refractivity contribution >= 4 is 12.1 Å². The summed E-state index contributed by atoms with van der Waals surface area (Å²) in [4.78, 5) is 24.8. The third-order valence-electron chi connectivity index (χ3n) is 3.82. The van der Waals surface area contributed by atoms with Crippen molar-refractivity contribution in [2.75, 3.05) is 13.1 Å². The molecule has 1 amide bonds. The van der Waals surface area contributed by atoms with Crippen molar-refractivity contribution in [1.82, 2.24) is 4.90 Å². The fourth-order valence-electron chi connectivity index (χ4n) is 2.23. The van der Waals surface area contributed by atoms with E-state index in [4.69, 9.17) is 4.74 Å². The first kappa shape index (κ1) is 16.8. The van der Waals surface area contributed by atoms with Gasteiger partial charge in [0.25, 0.3) is 0 Å². The maximum atomic E-state index is 12.0. The average molecular weight is 287 g/mol. The van der Waals surface area contributed by atoms with Gasteiger partial charge in [0.05, 0.1) is 17.6 Å². The molecule has 0 saturated carbocycles. The SMILES string of the molecule is CC(C)(C)OC(=O)N1CCCC(O)(C(C)(C)C(=O)O)C1. The van der Waals surface area contributed by atoms with Crippen LogP contribution in [0.3, 0.4) is 0 Å². The summed E-state index contributed by atoms with van der Waals surface area (Å²) in [6, 6.07) is 0. The number of carbonyl (C=O) groups is 2. The zero-order chi connectivity index (χ0) is 15.8. The van der Waals surface area contributed by atoms with Crippen LogP contribution in [0.2, 0.25) is 0 Å². The van der Waals surface area contributed by atoms with Crippen LogP contribution in [0.25, 0.3) is 0 Å². The summed E-state index contributed by atoms with van der Waals surface area (Å²) in [7, 11) is 0. The predicted octanol–water partition coefficient (Wildman–Crippen LogP) is 1.86. The maximum absolute atomic E-state index is 12.0. The number of carboxylic acid groups (broad SMARTS) is 1. The van der Waals surface area contributed by atoms with E-state index in [0.29, 0.717) is 19.4 Å². The molecule has 1 aliphatic rings. The summed E-state index contributed by atoms with van der Waals surface area (Å²) >= 11 is 0. The molecule has 1 heterocycles. The van der Waals surface area contributed by atoms with Crippen molar-refractivity contribution in [3.8, 4) is 0 Å². The summed E-state index contributed by atoms with van der Waals surface area (Å²) < 4.78 is 5.27. The first-order valence-corrected chi connectivity index (χ1v) is 6.83. The Balaban J connectivity index is 2.86. The number of aliphatic carboxylic acids is 1. The van der Waals surface area contributed by atoms with Crippen LogP contribution in [0.15, 0.2) is 0 Å². The van der Waals surface area contributed by atoms with Crippen molar-refractivity contribution in [3.05, 3.63) is 0 Å². The molecule has 1 unspecified atom stereocenters. The first-order valence-electron chi connectivity index (χ1n) is 6.83. The highest BCUT2D eigenvalue weighted by atomic mass is 16.6. The molecule has 1 aliphatic heterocycles. The van der Waals surface area contributed by atoms with Crippen molar-refractivity contribution in [1.29, 1.82) is 0 Å². The van der Waals surface area contributed by atoms with Gasteiger partial charge in [-0.3, -0.25) is 4.79 Å². The number of carbonyl (C=O) groups excluding carboxylic acids is 1. The van der Waals surface area contributed by atoms with Gasteiger partial charge in [0.15, 0.2) is 0 Å². The number of hydrogen-bond acceptors (Lipinski definition) is 4. The lowest BCUT2D eigenvalue weighted by atomic mass is 9.70. The molecule has 1 saturated heterocycles. The normalized spacial score (nSPS) is 24.4. The number of rotatable bonds is 2. The van der Waals surface area contributed by atoms with Crippen LogP contribution in [-0.2, 0) is 9.53 Å². The summed E-state index contributed by atoms with van der Waals surface area (Å²) in [5, 5.41) is 19.9. The molecule has 2 N–H and O–H groups in total. The fourth-order valence-corrected chi connectivity index (χ4v) is 2.23. The van der Waals surface area contributed by atoms with E-state index in [0.717, 1.165) is 0 Å². The molecule has 0 aromatic rings. The second kappa shape index (κ2) is 5.24. The number of aliphatic hydroxyl groups is 1. The molecule has 20 heavy (non-hydrogen) atoms. The third kappa shape index (κ3) is 3.42. The molecule has 1 atom stereocenters. The molecule has 6 heteroatoms. The molecule has 0 radical (unpaired) electrons. The molecule has 1 fully saturated rings. The van der Waals surface area contributed by atoms with E-state index in [1.165, 1.54) is 18.7 Å². The highest BCUT2D eigenvalue weighted by Gasteiger charge is 2.52. The quantitative estimate of drug-likeness (QED) is 0.809. The van der Waals surface area contributed by atoms with Crippen molar-refractivity contribution in [3.63, 3.8) is 0 Å². The van der Waals surface area contributed by atoms with Crippen LogP contribution in [0.1, 0.15) is 47.5 Å². The Hall–Kier alpha value is -1.30. The molecular formula is C14H25NO5. The number of ether oxygens (including phenoxy) is 1. The molecule has 0 aromatic heterocycles. The van der Waals surface area contributed by atoms with Gasteiger partial charge < -0.3 is 19.8 Å². The van der Waals surface area contributed by atoms with Gasteiger partial charge >= 0.3 is 12.1 Å². The largest absolute Gasteiger partial charge is 0.481 e. The van der Waals surface area contributed by atoms with E-state index < -0.39 is 28.7 Å². The Bertz CT molecular complexity index is 399. The van der Waals surface area contributed by atoms with Crippen LogP contribution in [-0.4, -0.2) is 51.5 Å². The van der Waals surface area contributed by atoms with Crippen LogP contribution < -0.4 is 0 Å². The number of β-amino-alcohol motifs (C(OH)–C–C–N with tert-alkyl or cyclic N) is 1. The number of hydrogen-bond donors (Lipinski definition) is 2. The lowest BCUT2D eigenvalue weighted by Gasteiger charge is -2.46. The number of piperidine rings is 1. The molecule has 116 valence electrons. The second-order valence-electron chi connectivity index (χ2n) is 6.97. The Morgan fingerprint density at radius 3 is 2.20 bits per heavy atom. The maximum Gasteiger partial charge on any atom is 0.410 e. The third-order valence-corrected chi connectivity index (χ3v) is 3.82. The van der Waals surface area contributed by atoms with Crippen molar-refractivity contribution in [2.45, 2.75) is 58.7 Å². The second-order valence-corrected chi connectivity index (χ2v) is 6.97. The van der Waals surface area contributed by atoms with Gasteiger partial charge in [-0.05, 0) is 47.5 Å². The lowest BCUT2D eigenvalue weighted by Crippen LogP contribution is -2.60. The highest BCUT2D eigenvalue weighted by molar-refractivity contribution is 5.76. The zero-order valence-electron chi connectivity index (χ0n) is 12.9. The lowest BCUT2D eigenvalue weighted by molar-refractivity contribution is -0.171. The molecule has 0 aliphatic carbocycles.